The molecule has 3 heteroatoms. The van der Waals surface area contributed by atoms with Gasteiger partial charge in [-0.05, 0) is 36.7 Å². The highest BCUT2D eigenvalue weighted by molar-refractivity contribution is 7.48. The number of phenols is 1. The molecule has 2 nitrogen and oxygen atoms in total. The zero-order valence-corrected chi connectivity index (χ0v) is 15.6. The fraction of sp³-hybridized carbons (Fsp3) is 0.350. The Balaban J connectivity index is 2.51. The summed E-state index contributed by atoms with van der Waals surface area (Å²) in [6.07, 6.45) is 2.89. The van der Waals surface area contributed by atoms with Gasteiger partial charge >= 0.3 is 0 Å². The Hall–Kier alpha value is -1.66. The van der Waals surface area contributed by atoms with Crippen molar-refractivity contribution in [1.82, 2.24) is 0 Å². The lowest BCUT2D eigenvalue weighted by Crippen LogP contribution is -2.20. The third-order valence-electron chi connectivity index (χ3n) is 4.39. The molecule has 0 radical (unpaired) electrons. The largest absolute Gasteiger partial charge is 0.507 e. The maximum atomic E-state index is 10.6. The highest BCUT2D eigenvalue weighted by atomic mass is 31.1. The van der Waals surface area contributed by atoms with Crippen molar-refractivity contribution in [1.29, 1.82) is 0 Å². The minimum atomic E-state index is -0.0848. The Labute approximate surface area is 141 Å². The quantitative estimate of drug-likeness (QED) is 0.627. The van der Waals surface area contributed by atoms with Crippen LogP contribution in [0.1, 0.15) is 42.5 Å². The number of hydrogen-bond donors (Lipinski definition) is 1. The monoisotopic (exact) mass is 327 g/mol. The van der Waals surface area contributed by atoms with Gasteiger partial charge in [0.25, 0.3) is 0 Å². The number of nitrogens with zero attached hydrogens (tertiary/aromatic N) is 1. The van der Waals surface area contributed by atoms with Gasteiger partial charge in [0.1, 0.15) is 5.75 Å². The Bertz CT molecular complexity index is 724. The normalized spacial score (nSPS) is 14.7. The molecular weight excluding hydrogens is 301 g/mol. The van der Waals surface area contributed by atoms with Gasteiger partial charge < -0.3 is 5.11 Å². The van der Waals surface area contributed by atoms with Crippen molar-refractivity contribution in [3.63, 3.8) is 0 Å². The Morgan fingerprint density at radius 1 is 1.22 bits per heavy atom. The summed E-state index contributed by atoms with van der Waals surface area (Å²) < 4.78 is 0. The molecule has 0 saturated heterocycles. The first-order valence-corrected chi connectivity index (χ1v) is 9.01. The molecule has 1 N–H and O–H groups in total. The van der Waals surface area contributed by atoms with E-state index < -0.39 is 0 Å². The molecule has 0 aliphatic heterocycles. The van der Waals surface area contributed by atoms with E-state index in [4.69, 9.17) is 0 Å². The van der Waals surface area contributed by atoms with Gasteiger partial charge in [-0.15, -0.1) is 0 Å². The Morgan fingerprint density at radius 2 is 1.91 bits per heavy atom. The summed E-state index contributed by atoms with van der Waals surface area (Å²) in [5.74, 6) is 0.439. The molecule has 2 rings (SSSR count). The topological polar surface area (TPSA) is 32.6 Å². The molecule has 0 heterocycles. The Morgan fingerprint density at radius 3 is 2.57 bits per heavy atom. The predicted octanol–water partition coefficient (Wildman–Crippen LogP) is 4.69. The van der Waals surface area contributed by atoms with Crippen LogP contribution in [-0.4, -0.2) is 18.4 Å². The summed E-state index contributed by atoms with van der Waals surface area (Å²) in [6, 6.07) is 12.6. The van der Waals surface area contributed by atoms with Gasteiger partial charge in [-0.25, -0.2) is 0 Å². The van der Waals surface area contributed by atoms with Gasteiger partial charge in [-0.3, -0.25) is 4.99 Å². The second kappa shape index (κ2) is 7.27. The van der Waals surface area contributed by atoms with Gasteiger partial charge in [0, 0.05) is 24.0 Å². The van der Waals surface area contributed by atoms with E-state index in [9.17, 15) is 5.11 Å². The van der Waals surface area contributed by atoms with E-state index in [1.54, 1.807) is 7.05 Å². The molecule has 0 amide bonds. The highest BCUT2D eigenvalue weighted by Crippen LogP contribution is 2.48. The van der Waals surface area contributed by atoms with Crippen LogP contribution in [0.25, 0.3) is 0 Å². The van der Waals surface area contributed by atoms with Crippen LogP contribution in [-0.2, 0) is 5.16 Å². The summed E-state index contributed by atoms with van der Waals surface area (Å²) >= 11 is 0. The SMILES string of the molecule is CCC(C)(Pc1ccccc1/C=N/C)c1cc(C)cc(C)c1O. The number of aryl methyl sites for hydroxylation is 2. The van der Waals surface area contributed by atoms with Crippen molar-refractivity contribution in [2.24, 2.45) is 4.99 Å². The maximum absolute atomic E-state index is 10.6. The van der Waals surface area contributed by atoms with Crippen LogP contribution in [0.15, 0.2) is 41.4 Å². The average Bonchev–Trinajstić information content (AvgIpc) is 2.53. The molecule has 2 unspecified atom stereocenters. The fourth-order valence-electron chi connectivity index (χ4n) is 2.89. The number of aromatic hydroxyl groups is 1. The lowest BCUT2D eigenvalue weighted by atomic mass is 9.93. The zero-order chi connectivity index (χ0) is 17.0. The molecule has 0 aromatic heterocycles. The number of hydrogen-bond acceptors (Lipinski definition) is 2. The minimum absolute atomic E-state index is 0.0848. The minimum Gasteiger partial charge on any atom is -0.507 e. The molecule has 2 atom stereocenters. The van der Waals surface area contributed by atoms with Gasteiger partial charge in [-0.1, -0.05) is 64.4 Å². The number of phenolic OH excluding ortho intramolecular Hbond substituents is 1. The molecule has 23 heavy (non-hydrogen) atoms. The van der Waals surface area contributed by atoms with Crippen LogP contribution in [0.3, 0.4) is 0 Å². The second-order valence-corrected chi connectivity index (χ2v) is 8.16. The average molecular weight is 327 g/mol. The van der Waals surface area contributed by atoms with Gasteiger partial charge in [0.15, 0.2) is 0 Å². The summed E-state index contributed by atoms with van der Waals surface area (Å²) in [7, 11) is 2.37. The molecule has 0 fully saturated rings. The lowest BCUT2D eigenvalue weighted by molar-refractivity contribution is 0.452. The van der Waals surface area contributed by atoms with Gasteiger partial charge in [-0.2, -0.15) is 0 Å². The van der Waals surface area contributed by atoms with E-state index >= 15 is 0 Å². The maximum Gasteiger partial charge on any atom is 0.122 e. The van der Waals surface area contributed by atoms with Crippen LogP contribution >= 0.6 is 8.58 Å². The van der Waals surface area contributed by atoms with Crippen molar-refractivity contribution in [2.75, 3.05) is 7.05 Å². The second-order valence-electron chi connectivity index (χ2n) is 6.26. The summed E-state index contributed by atoms with van der Waals surface area (Å²) in [6.45, 7) is 8.51. The van der Waals surface area contributed by atoms with E-state index in [0.29, 0.717) is 14.3 Å². The molecular formula is C20H26NOP. The number of benzene rings is 2. The lowest BCUT2D eigenvalue weighted by Gasteiger charge is -2.31. The van der Waals surface area contributed by atoms with E-state index in [-0.39, 0.29) is 5.16 Å². The van der Waals surface area contributed by atoms with Crippen molar-refractivity contribution in [3.8, 4) is 5.75 Å². The van der Waals surface area contributed by atoms with Crippen LogP contribution in [0.4, 0.5) is 0 Å². The van der Waals surface area contributed by atoms with Crippen LogP contribution in [0, 0.1) is 13.8 Å². The van der Waals surface area contributed by atoms with Crippen molar-refractivity contribution >= 4 is 20.1 Å². The summed E-state index contributed by atoms with van der Waals surface area (Å²) in [4.78, 5) is 4.17. The first-order valence-electron chi connectivity index (χ1n) is 8.01. The van der Waals surface area contributed by atoms with E-state index in [1.165, 1.54) is 10.9 Å². The van der Waals surface area contributed by atoms with Crippen LogP contribution in [0.5, 0.6) is 5.75 Å². The zero-order valence-electron chi connectivity index (χ0n) is 14.6. The summed E-state index contributed by atoms with van der Waals surface area (Å²) in [5, 5.41) is 11.8. The van der Waals surface area contributed by atoms with Gasteiger partial charge in [0.2, 0.25) is 0 Å². The van der Waals surface area contributed by atoms with Gasteiger partial charge in [0.05, 0.1) is 0 Å². The molecule has 0 aliphatic carbocycles. The molecule has 2 aromatic rings. The molecule has 0 bridgehead atoms. The van der Waals surface area contributed by atoms with Crippen molar-refractivity contribution < 1.29 is 5.11 Å². The third-order valence-corrected chi connectivity index (χ3v) is 6.29. The Kier molecular flexibility index (Phi) is 5.59. The molecule has 0 spiro atoms. The van der Waals surface area contributed by atoms with Crippen molar-refractivity contribution in [3.05, 3.63) is 58.7 Å². The standard InChI is InChI=1S/C20H26NOP/c1-6-20(4,17-12-14(2)11-15(3)19(17)22)23-18-10-8-7-9-16(18)13-21-5/h7-13,22-23H,6H2,1-5H3/b21-13+. The predicted molar refractivity (Wildman–Crippen MR) is 103 cm³/mol. The smallest absolute Gasteiger partial charge is 0.122 e. The summed E-state index contributed by atoms with van der Waals surface area (Å²) in [5.41, 5.74) is 4.37. The third kappa shape index (κ3) is 3.82. The molecule has 0 aliphatic rings. The molecule has 0 saturated carbocycles. The van der Waals surface area contributed by atoms with E-state index in [0.717, 1.165) is 23.1 Å². The van der Waals surface area contributed by atoms with Crippen LogP contribution < -0.4 is 5.30 Å². The fourth-order valence-corrected chi connectivity index (χ4v) is 4.45. The molecule has 2 aromatic carbocycles. The number of rotatable bonds is 5. The van der Waals surface area contributed by atoms with Crippen LogP contribution in [0.2, 0.25) is 0 Å². The number of aliphatic imine (C=N–C) groups is 1. The first kappa shape index (κ1) is 17.7. The molecule has 122 valence electrons. The van der Waals surface area contributed by atoms with E-state index in [2.05, 4.69) is 50.0 Å². The highest BCUT2D eigenvalue weighted by Gasteiger charge is 2.29. The van der Waals surface area contributed by atoms with E-state index in [1.807, 2.05) is 25.3 Å². The first-order chi connectivity index (χ1) is 10.9. The van der Waals surface area contributed by atoms with Crippen molar-refractivity contribution in [2.45, 2.75) is 39.3 Å².